The molecule has 21 heavy (non-hydrogen) atoms. The van der Waals surface area contributed by atoms with Crippen molar-refractivity contribution in [3.05, 3.63) is 40.7 Å². The Bertz CT molecular complexity index is 712. The van der Waals surface area contributed by atoms with Crippen LogP contribution in [-0.4, -0.2) is 23.7 Å². The van der Waals surface area contributed by atoms with Crippen LogP contribution in [0.15, 0.2) is 40.1 Å². The molecule has 0 aliphatic heterocycles. The highest BCUT2D eigenvalue weighted by Crippen LogP contribution is 2.34. The van der Waals surface area contributed by atoms with Crippen LogP contribution in [0.1, 0.15) is 18.4 Å². The lowest BCUT2D eigenvalue weighted by Crippen LogP contribution is -2.32. The average Bonchev–Trinajstić information content (AvgIpc) is 3.20. The van der Waals surface area contributed by atoms with Gasteiger partial charge in [-0.3, -0.25) is 0 Å². The van der Waals surface area contributed by atoms with Crippen LogP contribution in [0.25, 0.3) is 0 Å². The second-order valence-electron chi connectivity index (χ2n) is 4.93. The summed E-state index contributed by atoms with van der Waals surface area (Å²) in [7, 11) is -3.54. The molecule has 0 atom stereocenters. The minimum Gasteiger partial charge on any atom is -0.308 e. The number of thiophene rings is 1. The summed E-state index contributed by atoms with van der Waals surface area (Å²) in [6.45, 7) is 0.407. The number of rotatable bonds is 6. The number of pyridine rings is 1. The molecule has 1 saturated carbocycles. The van der Waals surface area contributed by atoms with Gasteiger partial charge in [0, 0.05) is 24.8 Å². The zero-order chi connectivity index (χ0) is 14.9. The predicted octanol–water partition coefficient (Wildman–Crippen LogP) is 1.78. The van der Waals surface area contributed by atoms with Crippen LogP contribution in [0, 0.1) is 0 Å². The first-order chi connectivity index (χ1) is 10.1. The number of hydrogen-bond donors (Lipinski definition) is 2. The number of nitrogens with two attached hydrogens (primary N) is 1. The van der Waals surface area contributed by atoms with Gasteiger partial charge in [-0.1, -0.05) is 0 Å². The summed E-state index contributed by atoms with van der Waals surface area (Å²) in [6.07, 6.45) is 3.27. The molecule has 8 heteroatoms. The van der Waals surface area contributed by atoms with Gasteiger partial charge in [-0.25, -0.2) is 19.2 Å². The lowest BCUT2D eigenvalue weighted by Gasteiger charge is -2.21. The smallest absolute Gasteiger partial charge is 0.243 e. The summed E-state index contributed by atoms with van der Waals surface area (Å²) in [6, 6.07) is 5.00. The number of hydrogen-bond acceptors (Lipinski definition) is 6. The summed E-state index contributed by atoms with van der Waals surface area (Å²) in [5.41, 5.74) is 3.39. The molecule has 0 bridgehead atoms. The zero-order valence-electron chi connectivity index (χ0n) is 11.3. The topological polar surface area (TPSA) is 88.3 Å². The molecule has 1 fully saturated rings. The van der Waals surface area contributed by atoms with E-state index in [1.54, 1.807) is 15.6 Å². The van der Waals surface area contributed by atoms with Crippen molar-refractivity contribution in [3.63, 3.8) is 0 Å². The van der Waals surface area contributed by atoms with Gasteiger partial charge < -0.3 is 5.43 Å². The molecule has 2 aromatic rings. The highest BCUT2D eigenvalue weighted by molar-refractivity contribution is 7.89. The van der Waals surface area contributed by atoms with Gasteiger partial charge in [0.1, 0.15) is 5.82 Å². The van der Waals surface area contributed by atoms with E-state index >= 15 is 0 Å². The Morgan fingerprint density at radius 3 is 2.86 bits per heavy atom. The summed E-state index contributed by atoms with van der Waals surface area (Å²) < 4.78 is 27.3. The molecule has 0 saturated heterocycles. The molecule has 0 amide bonds. The number of anilines is 1. The fraction of sp³-hybridized carbons (Fsp3) is 0.308. The van der Waals surface area contributed by atoms with Gasteiger partial charge in [-0.15, -0.1) is 0 Å². The Balaban J connectivity index is 1.93. The molecule has 0 radical (unpaired) electrons. The first-order valence-electron chi connectivity index (χ1n) is 6.57. The Morgan fingerprint density at radius 2 is 2.24 bits per heavy atom. The highest BCUT2D eigenvalue weighted by Gasteiger charge is 2.38. The Labute approximate surface area is 127 Å². The quantitative estimate of drug-likeness (QED) is 0.624. The SMILES string of the molecule is NNc1cc(S(=O)(=O)N(Cc2ccsc2)C2CC2)ccn1. The van der Waals surface area contributed by atoms with E-state index in [0.717, 1.165) is 18.4 Å². The van der Waals surface area contributed by atoms with Crippen LogP contribution in [-0.2, 0) is 16.6 Å². The molecule has 3 rings (SSSR count). The molecule has 1 aliphatic carbocycles. The standard InChI is InChI=1S/C13H16N4O2S2/c14-16-13-7-12(3-5-15-13)21(18,19)17(11-1-2-11)8-10-4-6-20-9-10/h3-7,9,11H,1-2,8,14H2,(H,15,16). The van der Waals surface area contributed by atoms with Crippen molar-refractivity contribution in [1.82, 2.24) is 9.29 Å². The third kappa shape index (κ3) is 3.08. The summed E-state index contributed by atoms with van der Waals surface area (Å²) >= 11 is 1.57. The van der Waals surface area contributed by atoms with Crippen LogP contribution >= 0.6 is 11.3 Å². The summed E-state index contributed by atoms with van der Waals surface area (Å²) in [5.74, 6) is 5.64. The maximum absolute atomic E-state index is 12.8. The number of sulfonamides is 1. The van der Waals surface area contributed by atoms with E-state index < -0.39 is 10.0 Å². The number of aromatic nitrogens is 1. The molecule has 112 valence electrons. The largest absolute Gasteiger partial charge is 0.308 e. The van der Waals surface area contributed by atoms with E-state index in [1.165, 1.54) is 18.3 Å². The molecule has 0 unspecified atom stereocenters. The van der Waals surface area contributed by atoms with Gasteiger partial charge in [0.2, 0.25) is 10.0 Å². The molecule has 1 aliphatic rings. The van der Waals surface area contributed by atoms with E-state index in [0.29, 0.717) is 12.4 Å². The van der Waals surface area contributed by atoms with Crippen LogP contribution in [0.5, 0.6) is 0 Å². The lowest BCUT2D eigenvalue weighted by molar-refractivity contribution is 0.399. The van der Waals surface area contributed by atoms with Crippen molar-refractivity contribution in [3.8, 4) is 0 Å². The monoisotopic (exact) mass is 324 g/mol. The van der Waals surface area contributed by atoms with E-state index in [9.17, 15) is 8.42 Å². The van der Waals surface area contributed by atoms with Crippen LogP contribution < -0.4 is 11.3 Å². The fourth-order valence-electron chi connectivity index (χ4n) is 2.12. The maximum Gasteiger partial charge on any atom is 0.243 e. The number of nitrogens with one attached hydrogen (secondary N) is 1. The van der Waals surface area contributed by atoms with Crippen LogP contribution in [0.4, 0.5) is 5.82 Å². The summed E-state index contributed by atoms with van der Waals surface area (Å²) in [4.78, 5) is 4.16. The van der Waals surface area contributed by atoms with Gasteiger partial charge in [0.15, 0.2) is 0 Å². The number of nitrogen functional groups attached to an aromatic ring is 1. The van der Waals surface area contributed by atoms with Gasteiger partial charge in [-0.05, 0) is 41.3 Å². The molecule has 0 spiro atoms. The lowest BCUT2D eigenvalue weighted by atomic mass is 10.3. The third-order valence-electron chi connectivity index (χ3n) is 3.36. The maximum atomic E-state index is 12.8. The van der Waals surface area contributed by atoms with Crippen molar-refractivity contribution in [2.24, 2.45) is 5.84 Å². The van der Waals surface area contributed by atoms with Crippen molar-refractivity contribution >= 4 is 27.2 Å². The first-order valence-corrected chi connectivity index (χ1v) is 8.95. The first kappa shape index (κ1) is 14.5. The minimum absolute atomic E-state index is 0.0948. The predicted molar refractivity (Wildman–Crippen MR) is 82.1 cm³/mol. The van der Waals surface area contributed by atoms with Crippen molar-refractivity contribution < 1.29 is 8.42 Å². The van der Waals surface area contributed by atoms with E-state index in [-0.39, 0.29) is 10.9 Å². The molecule has 3 N–H and O–H groups in total. The summed E-state index contributed by atoms with van der Waals surface area (Å²) in [5, 5.41) is 3.93. The molecular formula is C13H16N4O2S2. The number of hydrazine groups is 1. The van der Waals surface area contributed by atoms with Crippen molar-refractivity contribution in [2.45, 2.75) is 30.3 Å². The Hall–Kier alpha value is -1.48. The third-order valence-corrected chi connectivity index (χ3v) is 5.98. The normalized spacial score (nSPS) is 15.3. The van der Waals surface area contributed by atoms with Gasteiger partial charge in [0.05, 0.1) is 4.90 Å². The van der Waals surface area contributed by atoms with Gasteiger partial charge >= 0.3 is 0 Å². The number of nitrogens with zero attached hydrogens (tertiary/aromatic N) is 2. The van der Waals surface area contributed by atoms with E-state index in [1.807, 2.05) is 16.8 Å². The second kappa shape index (κ2) is 5.72. The molecule has 2 heterocycles. The fourth-order valence-corrected chi connectivity index (χ4v) is 4.47. The molecule has 0 aromatic carbocycles. The van der Waals surface area contributed by atoms with E-state index in [4.69, 9.17) is 5.84 Å². The van der Waals surface area contributed by atoms with E-state index in [2.05, 4.69) is 10.4 Å². The minimum atomic E-state index is -3.54. The molecular weight excluding hydrogens is 308 g/mol. The Morgan fingerprint density at radius 1 is 1.43 bits per heavy atom. The van der Waals surface area contributed by atoms with Gasteiger partial charge in [-0.2, -0.15) is 15.6 Å². The van der Waals surface area contributed by atoms with Crippen LogP contribution in [0.3, 0.4) is 0 Å². The highest BCUT2D eigenvalue weighted by atomic mass is 32.2. The van der Waals surface area contributed by atoms with Crippen LogP contribution in [0.2, 0.25) is 0 Å². The van der Waals surface area contributed by atoms with Crippen molar-refractivity contribution in [1.29, 1.82) is 0 Å². The zero-order valence-corrected chi connectivity index (χ0v) is 12.9. The van der Waals surface area contributed by atoms with Gasteiger partial charge in [0.25, 0.3) is 0 Å². The van der Waals surface area contributed by atoms with Crippen molar-refractivity contribution in [2.75, 3.05) is 5.43 Å². The second-order valence-corrected chi connectivity index (χ2v) is 7.60. The Kier molecular flexibility index (Phi) is 3.94. The molecule has 6 nitrogen and oxygen atoms in total. The average molecular weight is 324 g/mol. The molecule has 2 aromatic heterocycles.